The summed E-state index contributed by atoms with van der Waals surface area (Å²) in [6.07, 6.45) is 1.37. The van der Waals surface area contributed by atoms with Gasteiger partial charge >= 0.3 is 11.9 Å². The minimum absolute atomic E-state index is 0.121. The Bertz CT molecular complexity index is 1450. The third-order valence-corrected chi connectivity index (χ3v) is 7.56. The zero-order chi connectivity index (χ0) is 29.1. The van der Waals surface area contributed by atoms with Crippen molar-refractivity contribution in [3.8, 4) is 23.0 Å². The number of carbonyl (C=O) groups excluding carboxylic acids is 2. The molecule has 0 unspecified atom stereocenters. The molecule has 0 fully saturated rings. The molecular weight excluding hydrogens is 536 g/mol. The first-order valence-corrected chi connectivity index (χ1v) is 13.8. The number of para-hydroxylation sites is 4. The van der Waals surface area contributed by atoms with Crippen LogP contribution in [0.25, 0.3) is 0 Å². The van der Waals surface area contributed by atoms with E-state index in [0.29, 0.717) is 59.4 Å². The normalized spacial score (nSPS) is 15.4. The van der Waals surface area contributed by atoms with E-state index in [1.54, 1.807) is 0 Å². The van der Waals surface area contributed by atoms with Gasteiger partial charge in [0.15, 0.2) is 13.2 Å². The third-order valence-electron chi connectivity index (χ3n) is 7.56. The number of esters is 2. The van der Waals surface area contributed by atoms with E-state index in [-0.39, 0.29) is 37.9 Å². The smallest absolute Gasteiger partial charge is 0.344 e. The van der Waals surface area contributed by atoms with E-state index < -0.39 is 11.9 Å². The summed E-state index contributed by atoms with van der Waals surface area (Å²) in [5.41, 5.74) is 5.84. The van der Waals surface area contributed by atoms with E-state index in [1.807, 2.05) is 72.8 Å². The molecule has 8 nitrogen and oxygen atoms in total. The van der Waals surface area contributed by atoms with Crippen LogP contribution in [0.1, 0.15) is 44.5 Å². The topological polar surface area (TPSA) is 112 Å². The van der Waals surface area contributed by atoms with Crippen molar-refractivity contribution < 1.29 is 38.7 Å². The molecule has 0 spiro atoms. The molecule has 214 valence electrons. The number of hydrogen-bond donors (Lipinski definition) is 2. The average Bonchev–Trinajstić information content (AvgIpc) is 2.98. The molecule has 10 bridgehead atoms. The molecule has 2 N–H and O–H groups in total. The number of rotatable bonds is 0. The van der Waals surface area contributed by atoms with Crippen molar-refractivity contribution >= 4 is 11.9 Å². The van der Waals surface area contributed by atoms with Crippen molar-refractivity contribution in [2.45, 2.75) is 25.7 Å². The quantitative estimate of drug-likeness (QED) is 0.206. The molecule has 0 saturated heterocycles. The van der Waals surface area contributed by atoms with Crippen molar-refractivity contribution in [3.05, 3.63) is 117 Å². The number of phenolic OH excluding ortho intramolecular Hbond substituents is 2. The minimum atomic E-state index is -0.618. The molecule has 0 aromatic heterocycles. The molecule has 2 aliphatic heterocycles. The van der Waals surface area contributed by atoms with Gasteiger partial charge in [-0.1, -0.05) is 72.8 Å². The molecule has 42 heavy (non-hydrogen) atoms. The fourth-order valence-electron chi connectivity index (χ4n) is 5.54. The molecule has 4 aromatic rings. The Morgan fingerprint density at radius 1 is 0.429 bits per heavy atom. The lowest BCUT2D eigenvalue weighted by molar-refractivity contribution is -0.154. The van der Waals surface area contributed by atoms with Crippen LogP contribution in [0.2, 0.25) is 0 Å². The summed E-state index contributed by atoms with van der Waals surface area (Å²) in [5.74, 6) is 0.0379. The van der Waals surface area contributed by atoms with Gasteiger partial charge in [0, 0.05) is 25.7 Å². The summed E-state index contributed by atoms with van der Waals surface area (Å²) in [5, 5.41) is 22.8. The second-order valence-corrected chi connectivity index (χ2v) is 10.4. The maximum absolute atomic E-state index is 12.5. The average molecular weight is 567 g/mol. The van der Waals surface area contributed by atoms with Crippen LogP contribution in [0.3, 0.4) is 0 Å². The van der Waals surface area contributed by atoms with Gasteiger partial charge in [-0.2, -0.15) is 0 Å². The Morgan fingerprint density at radius 3 is 1.02 bits per heavy atom. The molecule has 8 heteroatoms. The number of carbonyl (C=O) groups is 2. The Morgan fingerprint density at radius 2 is 0.714 bits per heavy atom. The zero-order valence-corrected chi connectivity index (χ0v) is 22.9. The predicted octanol–water partition coefficient (Wildman–Crippen LogP) is 4.63. The largest absolute Gasteiger partial charge is 0.507 e. The van der Waals surface area contributed by atoms with Crippen LogP contribution in [0.15, 0.2) is 72.8 Å². The first-order valence-electron chi connectivity index (χ1n) is 13.8. The van der Waals surface area contributed by atoms with Gasteiger partial charge in [-0.25, -0.2) is 9.59 Å². The highest BCUT2D eigenvalue weighted by molar-refractivity contribution is 5.72. The number of benzene rings is 4. The van der Waals surface area contributed by atoms with Crippen LogP contribution < -0.4 is 9.47 Å². The molecule has 0 amide bonds. The van der Waals surface area contributed by atoms with Crippen LogP contribution in [0.4, 0.5) is 0 Å². The Balaban J connectivity index is 1.57. The molecule has 0 radical (unpaired) electrons. The number of fused-ring (bicyclic) bond motifs is 9. The van der Waals surface area contributed by atoms with E-state index in [9.17, 15) is 19.8 Å². The van der Waals surface area contributed by atoms with Crippen molar-refractivity contribution in [1.82, 2.24) is 0 Å². The number of ether oxygens (including phenoxy) is 4. The van der Waals surface area contributed by atoms with E-state index in [0.717, 1.165) is 22.3 Å². The molecule has 1 aliphatic carbocycles. The van der Waals surface area contributed by atoms with Gasteiger partial charge < -0.3 is 29.2 Å². The van der Waals surface area contributed by atoms with Crippen LogP contribution in [-0.4, -0.2) is 48.6 Å². The highest BCUT2D eigenvalue weighted by Crippen LogP contribution is 2.38. The van der Waals surface area contributed by atoms with Crippen LogP contribution in [0, 0.1) is 0 Å². The standard InChI is InChI=1S/C34H30O8/c35-29-19-41-33-25-9-3-11-27(33)17-23-7-2-8-24(32(23)38)18-28-12-4-10-26(16-22-6-1-5-21(15-25)31(22)37)34(28)42-20-30(36)40-14-13-39-29/h1-12,37-38H,13-20H2. The first kappa shape index (κ1) is 27.2. The Kier molecular flexibility index (Phi) is 7.68. The second-order valence-electron chi connectivity index (χ2n) is 10.4. The van der Waals surface area contributed by atoms with Gasteiger partial charge in [0.25, 0.3) is 0 Å². The van der Waals surface area contributed by atoms with Gasteiger partial charge in [0.2, 0.25) is 0 Å². The molecule has 4 aromatic carbocycles. The second kappa shape index (κ2) is 11.9. The van der Waals surface area contributed by atoms with E-state index in [2.05, 4.69) is 0 Å². The van der Waals surface area contributed by atoms with E-state index in [4.69, 9.17) is 18.9 Å². The molecule has 0 atom stereocenters. The predicted molar refractivity (Wildman–Crippen MR) is 153 cm³/mol. The summed E-state index contributed by atoms with van der Waals surface area (Å²) in [7, 11) is 0. The maximum atomic E-state index is 12.5. The number of hydrogen-bond acceptors (Lipinski definition) is 8. The number of aromatic hydroxyl groups is 2. The third kappa shape index (κ3) is 5.74. The molecular formula is C34H30O8. The van der Waals surface area contributed by atoms with Crippen LogP contribution in [-0.2, 0) is 44.7 Å². The summed E-state index contributed by atoms with van der Waals surface area (Å²) in [6.45, 7) is -0.972. The summed E-state index contributed by atoms with van der Waals surface area (Å²) >= 11 is 0. The molecule has 2 heterocycles. The lowest BCUT2D eigenvalue weighted by atomic mass is 9.91. The fourth-order valence-corrected chi connectivity index (χ4v) is 5.54. The maximum Gasteiger partial charge on any atom is 0.344 e. The van der Waals surface area contributed by atoms with Crippen molar-refractivity contribution in [2.24, 2.45) is 0 Å². The van der Waals surface area contributed by atoms with Crippen LogP contribution in [0.5, 0.6) is 23.0 Å². The summed E-state index contributed by atoms with van der Waals surface area (Å²) in [6, 6.07) is 22.6. The first-order chi connectivity index (χ1) is 20.5. The zero-order valence-electron chi connectivity index (χ0n) is 22.9. The van der Waals surface area contributed by atoms with Gasteiger partial charge in [-0.15, -0.1) is 0 Å². The van der Waals surface area contributed by atoms with Crippen LogP contribution >= 0.6 is 0 Å². The highest BCUT2D eigenvalue weighted by atomic mass is 16.6. The Labute approximate surface area is 243 Å². The van der Waals surface area contributed by atoms with E-state index >= 15 is 0 Å². The summed E-state index contributed by atoms with van der Waals surface area (Å²) < 4.78 is 22.6. The van der Waals surface area contributed by atoms with Crippen molar-refractivity contribution in [3.63, 3.8) is 0 Å². The van der Waals surface area contributed by atoms with Gasteiger partial charge in [0.05, 0.1) is 0 Å². The fraction of sp³-hybridized carbons (Fsp3) is 0.235. The Hall–Kier alpha value is -4.98. The lowest BCUT2D eigenvalue weighted by Gasteiger charge is -2.20. The monoisotopic (exact) mass is 566 g/mol. The minimum Gasteiger partial charge on any atom is -0.507 e. The van der Waals surface area contributed by atoms with Gasteiger partial charge in [0.1, 0.15) is 36.2 Å². The van der Waals surface area contributed by atoms with Gasteiger partial charge in [-0.05, 0) is 44.5 Å². The molecule has 3 aliphatic rings. The molecule has 0 saturated carbocycles. The van der Waals surface area contributed by atoms with E-state index in [1.165, 1.54) is 0 Å². The van der Waals surface area contributed by atoms with Crippen molar-refractivity contribution in [2.75, 3.05) is 26.4 Å². The highest BCUT2D eigenvalue weighted by Gasteiger charge is 2.21. The number of phenols is 2. The molecule has 7 rings (SSSR count). The lowest BCUT2D eigenvalue weighted by Crippen LogP contribution is -2.21. The van der Waals surface area contributed by atoms with Gasteiger partial charge in [-0.3, -0.25) is 0 Å². The van der Waals surface area contributed by atoms with Crippen molar-refractivity contribution in [1.29, 1.82) is 0 Å². The summed E-state index contributed by atoms with van der Waals surface area (Å²) in [4.78, 5) is 25.1. The SMILES string of the molecule is O=C1COc2c3cccc2Cc2cccc(c2O)Cc2cccc(c2OCC(=O)OCCO1)Cc1cccc(c1O)C3.